The molecule has 0 saturated carbocycles. The minimum absolute atomic E-state index is 0.0978. The number of benzene rings is 1. The van der Waals surface area contributed by atoms with E-state index in [4.69, 9.17) is 16.3 Å². The van der Waals surface area contributed by atoms with E-state index in [1.54, 1.807) is 40.0 Å². The lowest BCUT2D eigenvalue weighted by atomic mass is 10.1. The van der Waals surface area contributed by atoms with Crippen molar-refractivity contribution in [2.45, 2.75) is 38.8 Å². The molecule has 2 rings (SSSR count). The first kappa shape index (κ1) is 21.7. The van der Waals surface area contributed by atoms with E-state index in [9.17, 15) is 14.7 Å². The van der Waals surface area contributed by atoms with E-state index in [2.05, 4.69) is 15.6 Å². The van der Waals surface area contributed by atoms with Crippen LogP contribution in [0.15, 0.2) is 30.5 Å². The van der Waals surface area contributed by atoms with Crippen LogP contribution in [0.1, 0.15) is 37.0 Å². The number of anilines is 1. The van der Waals surface area contributed by atoms with Gasteiger partial charge >= 0.3 is 6.09 Å². The van der Waals surface area contributed by atoms with Gasteiger partial charge in [-0.1, -0.05) is 23.7 Å². The second kappa shape index (κ2) is 9.07. The molecule has 1 atom stereocenters. The molecule has 152 valence electrons. The number of nitrogens with one attached hydrogen (secondary N) is 2. The zero-order valence-electron chi connectivity index (χ0n) is 16.3. The number of hydrogen-bond donors (Lipinski definition) is 3. The average molecular weight is 409 g/mol. The monoisotopic (exact) mass is 408 g/mol. The molecule has 3 N–H and O–H groups in total. The molecule has 0 radical (unpaired) electrons. The Balaban J connectivity index is 2.01. The zero-order valence-corrected chi connectivity index (χ0v) is 17.1. The van der Waals surface area contributed by atoms with Gasteiger partial charge in [0.05, 0.1) is 12.6 Å². The van der Waals surface area contributed by atoms with Crippen LogP contribution in [0, 0.1) is 0 Å². The Morgan fingerprint density at radius 2 is 1.93 bits per heavy atom. The van der Waals surface area contributed by atoms with Crippen LogP contribution in [0.5, 0.6) is 0 Å². The highest BCUT2D eigenvalue weighted by molar-refractivity contribution is 6.30. The summed E-state index contributed by atoms with van der Waals surface area (Å²) >= 11 is 5.87. The fourth-order valence-electron chi connectivity index (χ4n) is 2.46. The molecule has 1 heterocycles. The highest BCUT2D eigenvalue weighted by Crippen LogP contribution is 2.13. The van der Waals surface area contributed by atoms with Gasteiger partial charge in [0.25, 0.3) is 5.91 Å². The maximum atomic E-state index is 12.5. The molecule has 9 heteroatoms. The van der Waals surface area contributed by atoms with Crippen LogP contribution in [0.2, 0.25) is 5.02 Å². The van der Waals surface area contributed by atoms with E-state index in [0.717, 1.165) is 5.56 Å². The second-order valence-electron chi connectivity index (χ2n) is 7.37. The Morgan fingerprint density at radius 1 is 1.29 bits per heavy atom. The predicted molar refractivity (Wildman–Crippen MR) is 107 cm³/mol. The molecule has 0 aliphatic rings. The molecule has 0 aliphatic heterocycles. The summed E-state index contributed by atoms with van der Waals surface area (Å²) in [5.74, 6) is -0.173. The number of aryl methyl sites for hydroxylation is 1. The third-order valence-electron chi connectivity index (χ3n) is 3.66. The normalized spacial score (nSPS) is 12.4. The largest absolute Gasteiger partial charge is 0.444 e. The summed E-state index contributed by atoms with van der Waals surface area (Å²) in [5, 5.41) is 15.4. The molecule has 0 bridgehead atoms. The second-order valence-corrected chi connectivity index (χ2v) is 7.81. The molecule has 28 heavy (non-hydrogen) atoms. The van der Waals surface area contributed by atoms with Gasteiger partial charge in [-0.3, -0.25) is 10.1 Å². The van der Waals surface area contributed by atoms with Gasteiger partial charge in [0, 0.05) is 18.3 Å². The van der Waals surface area contributed by atoms with Gasteiger partial charge < -0.3 is 19.7 Å². The van der Waals surface area contributed by atoms with Crippen LogP contribution in [0.4, 0.5) is 10.6 Å². The number of halogens is 1. The first-order valence-electron chi connectivity index (χ1n) is 8.77. The highest BCUT2D eigenvalue weighted by atomic mass is 35.5. The third-order valence-corrected chi connectivity index (χ3v) is 3.91. The van der Waals surface area contributed by atoms with E-state index >= 15 is 0 Å². The van der Waals surface area contributed by atoms with Gasteiger partial charge in [-0.05, 0) is 44.9 Å². The van der Waals surface area contributed by atoms with E-state index in [-0.39, 0.29) is 18.2 Å². The Kier molecular flexibility index (Phi) is 7.04. The Morgan fingerprint density at radius 3 is 2.50 bits per heavy atom. The topological polar surface area (TPSA) is 105 Å². The van der Waals surface area contributed by atoms with Crippen LogP contribution in [0.3, 0.4) is 0 Å². The lowest BCUT2D eigenvalue weighted by Crippen LogP contribution is -2.40. The lowest BCUT2D eigenvalue weighted by molar-refractivity contribution is 0.0635. The van der Waals surface area contributed by atoms with Gasteiger partial charge in [0.15, 0.2) is 5.82 Å². The number of imidazole rings is 1. The van der Waals surface area contributed by atoms with Crippen molar-refractivity contribution >= 4 is 29.4 Å². The number of aliphatic hydroxyl groups excluding tert-OH is 1. The summed E-state index contributed by atoms with van der Waals surface area (Å²) in [6.45, 7) is 5.01. The summed E-state index contributed by atoms with van der Waals surface area (Å²) < 4.78 is 6.65. The number of amides is 2. The van der Waals surface area contributed by atoms with Crippen LogP contribution >= 0.6 is 11.6 Å². The molecule has 0 spiro atoms. The predicted octanol–water partition coefficient (Wildman–Crippen LogP) is 2.75. The molecule has 1 unspecified atom stereocenters. The molecule has 1 aromatic heterocycles. The minimum Gasteiger partial charge on any atom is -0.444 e. The third kappa shape index (κ3) is 6.54. The zero-order chi connectivity index (χ0) is 20.9. The van der Waals surface area contributed by atoms with Crippen molar-refractivity contribution in [2.75, 3.05) is 11.9 Å². The number of ether oxygens (including phenoxy) is 1. The molecular formula is C19H25ClN4O4. The Labute approximate surface area is 168 Å². The fourth-order valence-corrected chi connectivity index (χ4v) is 2.59. The summed E-state index contributed by atoms with van der Waals surface area (Å²) in [5.41, 5.74) is 0.283. The van der Waals surface area contributed by atoms with Crippen LogP contribution in [-0.2, 0) is 18.2 Å². The van der Waals surface area contributed by atoms with Gasteiger partial charge in [-0.15, -0.1) is 0 Å². The SMILES string of the molecule is Cn1cc(NC(=O)OC(C)(C)C)nc1C(=O)NC(CO)Cc1ccc(Cl)cc1. The van der Waals surface area contributed by atoms with Crippen LogP contribution in [0.25, 0.3) is 0 Å². The van der Waals surface area contributed by atoms with Crippen molar-refractivity contribution in [2.24, 2.45) is 7.05 Å². The quantitative estimate of drug-likeness (QED) is 0.681. The average Bonchev–Trinajstić information content (AvgIpc) is 2.94. The number of aromatic nitrogens is 2. The number of carbonyl (C=O) groups excluding carboxylic acids is 2. The molecule has 2 aromatic rings. The summed E-state index contributed by atoms with van der Waals surface area (Å²) in [4.78, 5) is 28.5. The summed E-state index contributed by atoms with van der Waals surface area (Å²) in [7, 11) is 1.63. The maximum absolute atomic E-state index is 12.5. The van der Waals surface area contributed by atoms with Gasteiger partial charge in [0.2, 0.25) is 5.82 Å². The van der Waals surface area contributed by atoms with Crippen molar-refractivity contribution in [1.29, 1.82) is 0 Å². The van der Waals surface area contributed by atoms with E-state index in [1.807, 2.05) is 12.1 Å². The number of rotatable bonds is 6. The van der Waals surface area contributed by atoms with Gasteiger partial charge in [-0.25, -0.2) is 9.78 Å². The minimum atomic E-state index is -0.659. The summed E-state index contributed by atoms with van der Waals surface area (Å²) in [6, 6.07) is 6.68. The van der Waals surface area contributed by atoms with E-state index < -0.39 is 23.6 Å². The molecule has 8 nitrogen and oxygen atoms in total. The molecule has 1 aromatic carbocycles. The molecule has 0 fully saturated rings. The number of nitrogens with zero attached hydrogens (tertiary/aromatic N) is 2. The fraction of sp³-hybridized carbons (Fsp3) is 0.421. The Hall–Kier alpha value is -2.58. The first-order chi connectivity index (χ1) is 13.1. The van der Waals surface area contributed by atoms with Crippen LogP contribution < -0.4 is 10.6 Å². The summed E-state index contributed by atoms with van der Waals surface area (Å²) in [6.07, 6.45) is 1.28. The Bertz CT molecular complexity index is 827. The molecule has 2 amide bonds. The molecule has 0 aliphatic carbocycles. The lowest BCUT2D eigenvalue weighted by Gasteiger charge is -2.19. The van der Waals surface area contributed by atoms with Crippen molar-refractivity contribution in [3.8, 4) is 0 Å². The van der Waals surface area contributed by atoms with Crippen molar-refractivity contribution in [3.63, 3.8) is 0 Å². The van der Waals surface area contributed by atoms with E-state index in [0.29, 0.717) is 11.4 Å². The van der Waals surface area contributed by atoms with Crippen LogP contribution in [-0.4, -0.2) is 44.9 Å². The molecular weight excluding hydrogens is 384 g/mol. The highest BCUT2D eigenvalue weighted by Gasteiger charge is 2.21. The smallest absolute Gasteiger partial charge is 0.413 e. The van der Waals surface area contributed by atoms with E-state index in [1.165, 1.54) is 10.8 Å². The standard InChI is InChI=1S/C19H25ClN4O4/c1-19(2,3)28-18(27)23-15-10-24(4)16(22-15)17(26)21-14(11-25)9-12-5-7-13(20)8-6-12/h5-8,10,14,25H,9,11H2,1-4H3,(H,21,26)(H,23,27). The van der Waals surface area contributed by atoms with Gasteiger partial charge in [-0.2, -0.15) is 0 Å². The molecule has 0 saturated heterocycles. The number of carbonyl (C=O) groups is 2. The maximum Gasteiger partial charge on any atom is 0.413 e. The first-order valence-corrected chi connectivity index (χ1v) is 9.14. The van der Waals surface area contributed by atoms with Crippen molar-refractivity contribution in [3.05, 3.63) is 46.9 Å². The van der Waals surface area contributed by atoms with Crippen molar-refractivity contribution < 1.29 is 19.4 Å². The number of hydrogen-bond acceptors (Lipinski definition) is 5. The number of aliphatic hydroxyl groups is 1. The van der Waals surface area contributed by atoms with Crippen molar-refractivity contribution in [1.82, 2.24) is 14.9 Å². The van der Waals surface area contributed by atoms with Gasteiger partial charge in [0.1, 0.15) is 5.60 Å².